The molecule has 2 atom stereocenters. The Morgan fingerprint density at radius 1 is 1.24 bits per heavy atom. The van der Waals surface area contributed by atoms with Gasteiger partial charge in [0.15, 0.2) is 0 Å². The molecule has 5 heteroatoms. The van der Waals surface area contributed by atoms with Crippen molar-refractivity contribution in [3.8, 4) is 0 Å². The van der Waals surface area contributed by atoms with Gasteiger partial charge in [0.05, 0.1) is 11.0 Å². The Hall–Kier alpha value is -1.88. The van der Waals surface area contributed by atoms with Crippen molar-refractivity contribution in [3.63, 3.8) is 0 Å². The van der Waals surface area contributed by atoms with Crippen molar-refractivity contribution in [1.82, 2.24) is 0 Å². The van der Waals surface area contributed by atoms with Crippen molar-refractivity contribution >= 4 is 27.9 Å². The van der Waals surface area contributed by atoms with Crippen molar-refractivity contribution in [2.45, 2.75) is 39.0 Å². The maximum Gasteiger partial charge on any atom is 0.333 e. The first kappa shape index (κ1) is 17.9. The summed E-state index contributed by atoms with van der Waals surface area (Å²) in [6.45, 7) is 3.63. The van der Waals surface area contributed by atoms with Crippen molar-refractivity contribution < 1.29 is 19.8 Å². The van der Waals surface area contributed by atoms with Crippen LogP contribution in [0.25, 0.3) is 0 Å². The second-order valence-electron chi connectivity index (χ2n) is 6.98. The molecule has 0 aromatic heterocycles. The van der Waals surface area contributed by atoms with E-state index in [9.17, 15) is 19.8 Å². The van der Waals surface area contributed by atoms with Gasteiger partial charge >= 0.3 is 11.9 Å². The SMILES string of the molecule is CCc1ccccc1C1C(C(=O)O)=C(Br)C(C2CC2)=CC1(C)C(=O)O. The molecule has 132 valence electrons. The molecule has 0 heterocycles. The number of allylic oxidation sites excluding steroid dienone is 2. The number of carboxylic acid groups (broad SMARTS) is 2. The molecule has 0 amide bonds. The first-order valence-electron chi connectivity index (χ1n) is 8.48. The molecule has 0 aliphatic heterocycles. The zero-order chi connectivity index (χ0) is 18.4. The molecule has 2 N–H and O–H groups in total. The van der Waals surface area contributed by atoms with Crippen LogP contribution in [-0.2, 0) is 16.0 Å². The van der Waals surface area contributed by atoms with Crippen molar-refractivity contribution in [2.75, 3.05) is 0 Å². The molecule has 0 spiro atoms. The highest BCUT2D eigenvalue weighted by molar-refractivity contribution is 9.12. The minimum absolute atomic E-state index is 0.148. The summed E-state index contributed by atoms with van der Waals surface area (Å²) in [5, 5.41) is 20.0. The van der Waals surface area contributed by atoms with Gasteiger partial charge < -0.3 is 10.2 Å². The van der Waals surface area contributed by atoms with Gasteiger partial charge in [-0.05, 0) is 64.7 Å². The average Bonchev–Trinajstić information content (AvgIpc) is 3.40. The molecule has 3 rings (SSSR count). The van der Waals surface area contributed by atoms with Gasteiger partial charge in [-0.15, -0.1) is 0 Å². The fourth-order valence-corrected chi connectivity index (χ4v) is 4.60. The predicted molar refractivity (Wildman–Crippen MR) is 98.7 cm³/mol. The smallest absolute Gasteiger partial charge is 0.333 e. The van der Waals surface area contributed by atoms with Gasteiger partial charge in [0.25, 0.3) is 0 Å². The molecule has 1 fully saturated rings. The average molecular weight is 405 g/mol. The Morgan fingerprint density at radius 3 is 2.40 bits per heavy atom. The number of rotatable bonds is 5. The summed E-state index contributed by atoms with van der Waals surface area (Å²) >= 11 is 3.48. The minimum atomic E-state index is -1.30. The van der Waals surface area contributed by atoms with E-state index in [2.05, 4.69) is 15.9 Å². The molecule has 1 aromatic carbocycles. The van der Waals surface area contributed by atoms with Crippen LogP contribution in [0.4, 0.5) is 0 Å². The van der Waals surface area contributed by atoms with Crippen LogP contribution in [0.15, 0.2) is 46.0 Å². The van der Waals surface area contributed by atoms with E-state index in [0.29, 0.717) is 10.9 Å². The predicted octanol–water partition coefficient (Wildman–Crippen LogP) is 4.51. The second kappa shape index (κ2) is 6.45. The third kappa shape index (κ3) is 2.95. The Bertz CT molecular complexity index is 804. The molecule has 0 bridgehead atoms. The summed E-state index contributed by atoms with van der Waals surface area (Å²) in [7, 11) is 0. The molecule has 2 aliphatic rings. The monoisotopic (exact) mass is 404 g/mol. The van der Waals surface area contributed by atoms with E-state index >= 15 is 0 Å². The van der Waals surface area contributed by atoms with Crippen molar-refractivity contribution in [2.24, 2.45) is 11.3 Å². The molecule has 0 saturated heterocycles. The first-order valence-corrected chi connectivity index (χ1v) is 9.27. The van der Waals surface area contributed by atoms with Crippen molar-refractivity contribution in [3.05, 3.63) is 57.1 Å². The minimum Gasteiger partial charge on any atom is -0.481 e. The summed E-state index contributed by atoms with van der Waals surface area (Å²) < 4.78 is 0.553. The van der Waals surface area contributed by atoms with Gasteiger partial charge in [-0.25, -0.2) is 4.79 Å². The summed E-state index contributed by atoms with van der Waals surface area (Å²) in [5.41, 5.74) is 1.43. The fourth-order valence-electron chi connectivity index (χ4n) is 3.76. The number of halogens is 1. The number of aryl methyl sites for hydroxylation is 1. The van der Waals surface area contributed by atoms with Crippen LogP contribution in [0.3, 0.4) is 0 Å². The molecule has 2 aliphatic carbocycles. The van der Waals surface area contributed by atoms with Crippen LogP contribution in [0.2, 0.25) is 0 Å². The van der Waals surface area contributed by atoms with E-state index in [1.54, 1.807) is 13.0 Å². The molecular formula is C20H21BrO4. The highest BCUT2D eigenvalue weighted by Gasteiger charge is 2.50. The lowest BCUT2D eigenvalue weighted by Crippen LogP contribution is -2.39. The van der Waals surface area contributed by atoms with Crippen LogP contribution >= 0.6 is 15.9 Å². The van der Waals surface area contributed by atoms with Crippen LogP contribution < -0.4 is 0 Å². The Morgan fingerprint density at radius 2 is 1.88 bits per heavy atom. The normalized spacial score (nSPS) is 26.4. The van der Waals surface area contributed by atoms with Gasteiger partial charge in [0, 0.05) is 10.4 Å². The van der Waals surface area contributed by atoms with Crippen LogP contribution in [-0.4, -0.2) is 22.2 Å². The molecular weight excluding hydrogens is 384 g/mol. The summed E-state index contributed by atoms with van der Waals surface area (Å²) in [6, 6.07) is 7.52. The molecule has 4 nitrogen and oxygen atoms in total. The lowest BCUT2D eigenvalue weighted by molar-refractivity contribution is -0.146. The molecule has 25 heavy (non-hydrogen) atoms. The highest BCUT2D eigenvalue weighted by Crippen LogP contribution is 2.55. The van der Waals surface area contributed by atoms with E-state index in [1.165, 1.54) is 0 Å². The maximum atomic E-state index is 12.2. The Balaban J connectivity index is 2.29. The topological polar surface area (TPSA) is 74.6 Å². The van der Waals surface area contributed by atoms with E-state index in [4.69, 9.17) is 0 Å². The van der Waals surface area contributed by atoms with E-state index in [0.717, 1.165) is 29.5 Å². The van der Waals surface area contributed by atoms with Crippen LogP contribution in [0.5, 0.6) is 0 Å². The van der Waals surface area contributed by atoms with Gasteiger partial charge in [-0.2, -0.15) is 0 Å². The lowest BCUT2D eigenvalue weighted by atomic mass is 9.64. The maximum absolute atomic E-state index is 12.2. The molecule has 0 radical (unpaired) electrons. The number of carbonyl (C=O) groups is 2. The van der Waals surface area contributed by atoms with Gasteiger partial charge in [0.1, 0.15) is 0 Å². The van der Waals surface area contributed by atoms with E-state index in [-0.39, 0.29) is 11.5 Å². The molecule has 1 aromatic rings. The van der Waals surface area contributed by atoms with Crippen LogP contribution in [0, 0.1) is 11.3 Å². The van der Waals surface area contributed by atoms with E-state index < -0.39 is 23.3 Å². The highest BCUT2D eigenvalue weighted by atomic mass is 79.9. The van der Waals surface area contributed by atoms with Gasteiger partial charge in [0.2, 0.25) is 0 Å². The number of aliphatic carboxylic acids is 2. The number of carboxylic acids is 2. The summed E-state index contributed by atoms with van der Waals surface area (Å²) in [5.74, 6) is -2.55. The van der Waals surface area contributed by atoms with E-state index in [1.807, 2.05) is 31.2 Å². The van der Waals surface area contributed by atoms with Gasteiger partial charge in [-0.1, -0.05) is 37.3 Å². The zero-order valence-corrected chi connectivity index (χ0v) is 15.8. The standard InChI is InChI=1S/C20H21BrO4/c1-3-11-6-4-5-7-13(11)16-15(18(22)23)17(21)14(12-8-9-12)10-20(16,2)19(24)25/h4-7,10,12,16H,3,8-9H2,1-2H3,(H,22,23)(H,24,25). The third-order valence-corrected chi connectivity index (χ3v) is 6.17. The summed E-state index contributed by atoms with van der Waals surface area (Å²) in [6.07, 6.45) is 4.44. The number of hydrogen-bond donors (Lipinski definition) is 2. The second-order valence-corrected chi connectivity index (χ2v) is 7.77. The fraction of sp³-hybridized carbons (Fsp3) is 0.400. The number of hydrogen-bond acceptors (Lipinski definition) is 2. The Labute approximate surface area is 155 Å². The quantitative estimate of drug-likeness (QED) is 0.756. The largest absolute Gasteiger partial charge is 0.481 e. The van der Waals surface area contributed by atoms with Crippen molar-refractivity contribution in [1.29, 1.82) is 0 Å². The molecule has 2 unspecified atom stereocenters. The number of benzene rings is 1. The van der Waals surface area contributed by atoms with Gasteiger partial charge in [-0.3, -0.25) is 4.79 Å². The molecule has 1 saturated carbocycles. The Kier molecular flexibility index (Phi) is 4.62. The lowest BCUT2D eigenvalue weighted by Gasteiger charge is -2.38. The van der Waals surface area contributed by atoms with Crippen LogP contribution in [0.1, 0.15) is 43.7 Å². The third-order valence-electron chi connectivity index (χ3n) is 5.29. The first-order chi connectivity index (χ1) is 11.8. The zero-order valence-electron chi connectivity index (χ0n) is 14.3. The summed E-state index contributed by atoms with van der Waals surface area (Å²) in [4.78, 5) is 24.4.